The topological polar surface area (TPSA) is 107 Å². The van der Waals surface area contributed by atoms with Crippen LogP contribution < -0.4 is 10.5 Å². The van der Waals surface area contributed by atoms with Crippen LogP contribution in [0.15, 0.2) is 59.8 Å². The van der Waals surface area contributed by atoms with E-state index in [1.807, 2.05) is 31.2 Å². The van der Waals surface area contributed by atoms with Crippen LogP contribution in [0.1, 0.15) is 11.1 Å². The lowest BCUT2D eigenvalue weighted by Crippen LogP contribution is -2.18. The highest BCUT2D eigenvalue weighted by atomic mass is 35.5. The van der Waals surface area contributed by atoms with Crippen molar-refractivity contribution in [1.29, 1.82) is 0 Å². The van der Waals surface area contributed by atoms with E-state index >= 15 is 0 Å². The number of aromatic nitrogens is 2. The van der Waals surface area contributed by atoms with E-state index < -0.39 is 10.0 Å². The molecule has 3 aromatic rings. The van der Waals surface area contributed by atoms with Gasteiger partial charge in [0.05, 0.1) is 23.3 Å². The van der Waals surface area contributed by atoms with Gasteiger partial charge in [-0.3, -0.25) is 4.79 Å². The predicted octanol–water partition coefficient (Wildman–Crippen LogP) is 2.66. The minimum Gasteiger partial charge on any atom is -0.326 e. The Kier molecular flexibility index (Phi) is 5.31. The Balaban J connectivity index is 1.87. The van der Waals surface area contributed by atoms with E-state index in [2.05, 4.69) is 10.4 Å². The van der Waals surface area contributed by atoms with Gasteiger partial charge in [0.2, 0.25) is 15.9 Å². The number of hydrogen-bond donors (Lipinski definition) is 2. The van der Waals surface area contributed by atoms with Gasteiger partial charge in [-0.2, -0.15) is 5.10 Å². The standard InChI is InChI=1S/C18H17ClN4O3S/c1-12-3-2-4-13(7-12)8-18(24)22-15-5-6-16(17(9-15)27(20,25)26)23-11-14(19)10-21-23/h2-7,9-11H,8H2,1H3,(H,22,24)(H2,20,25,26). The van der Waals surface area contributed by atoms with Crippen molar-refractivity contribution in [3.63, 3.8) is 0 Å². The number of anilines is 1. The predicted molar refractivity (Wildman–Crippen MR) is 103 cm³/mol. The zero-order valence-corrected chi connectivity index (χ0v) is 16.0. The number of benzene rings is 2. The Bertz CT molecular complexity index is 1110. The number of rotatable bonds is 5. The van der Waals surface area contributed by atoms with Gasteiger partial charge in [0, 0.05) is 11.9 Å². The number of halogens is 1. The van der Waals surface area contributed by atoms with E-state index in [-0.39, 0.29) is 22.9 Å². The summed E-state index contributed by atoms with van der Waals surface area (Å²) in [5.41, 5.74) is 2.47. The number of nitrogens with zero attached hydrogens (tertiary/aromatic N) is 2. The summed E-state index contributed by atoms with van der Waals surface area (Å²) in [6.45, 7) is 1.94. The maximum Gasteiger partial charge on any atom is 0.240 e. The van der Waals surface area contributed by atoms with Crippen molar-refractivity contribution in [3.8, 4) is 5.69 Å². The molecule has 3 N–H and O–H groups in total. The number of carbonyl (C=O) groups excluding carboxylic acids is 1. The van der Waals surface area contributed by atoms with Crippen LogP contribution in [0.5, 0.6) is 0 Å². The molecule has 1 aromatic heterocycles. The van der Waals surface area contributed by atoms with Gasteiger partial charge in [0.15, 0.2) is 0 Å². The molecular formula is C18H17ClN4O3S. The van der Waals surface area contributed by atoms with Crippen molar-refractivity contribution < 1.29 is 13.2 Å². The number of nitrogens with two attached hydrogens (primary N) is 1. The minimum atomic E-state index is -4.05. The molecule has 0 unspecified atom stereocenters. The van der Waals surface area contributed by atoms with Crippen LogP contribution in [0.2, 0.25) is 5.02 Å². The molecule has 0 aliphatic carbocycles. The third-order valence-electron chi connectivity index (χ3n) is 3.80. The van der Waals surface area contributed by atoms with Gasteiger partial charge < -0.3 is 5.32 Å². The Hall–Kier alpha value is -2.68. The molecule has 0 saturated heterocycles. The molecule has 0 fully saturated rings. The van der Waals surface area contributed by atoms with Gasteiger partial charge in [0.25, 0.3) is 0 Å². The Morgan fingerprint density at radius 1 is 1.26 bits per heavy atom. The molecule has 1 heterocycles. The molecule has 0 atom stereocenters. The van der Waals surface area contributed by atoms with E-state index in [1.54, 1.807) is 6.07 Å². The fourth-order valence-corrected chi connectivity index (χ4v) is 3.53. The summed E-state index contributed by atoms with van der Waals surface area (Å²) in [5.74, 6) is -0.268. The first-order valence-corrected chi connectivity index (χ1v) is 9.87. The number of amides is 1. The van der Waals surface area contributed by atoms with Crippen molar-refractivity contribution in [2.24, 2.45) is 5.14 Å². The molecule has 2 aromatic carbocycles. The van der Waals surface area contributed by atoms with E-state index in [4.69, 9.17) is 16.7 Å². The van der Waals surface area contributed by atoms with E-state index in [9.17, 15) is 13.2 Å². The van der Waals surface area contributed by atoms with Crippen LogP contribution in [0, 0.1) is 6.92 Å². The molecule has 27 heavy (non-hydrogen) atoms. The second-order valence-corrected chi connectivity index (χ2v) is 8.01. The smallest absolute Gasteiger partial charge is 0.240 e. The van der Waals surface area contributed by atoms with Crippen molar-refractivity contribution >= 4 is 33.2 Å². The molecule has 9 heteroatoms. The molecular weight excluding hydrogens is 388 g/mol. The van der Waals surface area contributed by atoms with Gasteiger partial charge in [-0.25, -0.2) is 18.2 Å². The van der Waals surface area contributed by atoms with Crippen molar-refractivity contribution in [3.05, 3.63) is 71.0 Å². The number of aryl methyl sites for hydroxylation is 1. The number of sulfonamides is 1. The van der Waals surface area contributed by atoms with Crippen LogP contribution in [-0.2, 0) is 21.2 Å². The summed E-state index contributed by atoms with van der Waals surface area (Å²) in [5, 5.41) is 12.4. The van der Waals surface area contributed by atoms with Crippen LogP contribution >= 0.6 is 11.6 Å². The van der Waals surface area contributed by atoms with Crippen LogP contribution in [0.3, 0.4) is 0 Å². The number of carbonyl (C=O) groups is 1. The molecule has 3 rings (SSSR count). The summed E-state index contributed by atoms with van der Waals surface area (Å²) in [4.78, 5) is 12.1. The summed E-state index contributed by atoms with van der Waals surface area (Å²) in [7, 11) is -4.05. The third kappa shape index (κ3) is 4.73. The lowest BCUT2D eigenvalue weighted by atomic mass is 10.1. The van der Waals surface area contributed by atoms with Crippen molar-refractivity contribution in [2.75, 3.05) is 5.32 Å². The Morgan fingerprint density at radius 2 is 2.04 bits per heavy atom. The second-order valence-electron chi connectivity index (χ2n) is 6.04. The Labute approximate surface area is 161 Å². The van der Waals surface area contributed by atoms with E-state index in [0.717, 1.165) is 11.1 Å². The summed E-state index contributed by atoms with van der Waals surface area (Å²) in [6, 6.07) is 12.0. The quantitative estimate of drug-likeness (QED) is 0.681. The van der Waals surface area contributed by atoms with Gasteiger partial charge in [-0.05, 0) is 30.7 Å². The summed E-state index contributed by atoms with van der Waals surface area (Å²) >= 11 is 5.84. The fourth-order valence-electron chi connectivity index (χ4n) is 2.65. The molecule has 140 valence electrons. The minimum absolute atomic E-state index is 0.170. The van der Waals surface area contributed by atoms with Gasteiger partial charge in [-0.1, -0.05) is 41.4 Å². The molecule has 1 amide bonds. The maximum absolute atomic E-state index is 12.3. The lowest BCUT2D eigenvalue weighted by molar-refractivity contribution is -0.115. The molecule has 0 bridgehead atoms. The monoisotopic (exact) mass is 404 g/mol. The van der Waals surface area contributed by atoms with Crippen LogP contribution in [0.4, 0.5) is 5.69 Å². The van der Waals surface area contributed by atoms with Crippen LogP contribution in [0.25, 0.3) is 5.69 Å². The normalized spacial score (nSPS) is 11.4. The maximum atomic E-state index is 12.3. The first-order chi connectivity index (χ1) is 12.7. The third-order valence-corrected chi connectivity index (χ3v) is 4.93. The highest BCUT2D eigenvalue weighted by Crippen LogP contribution is 2.24. The molecule has 0 radical (unpaired) electrons. The fraction of sp³-hybridized carbons (Fsp3) is 0.111. The molecule has 0 aliphatic rings. The first kappa shape index (κ1) is 19.1. The zero-order chi connectivity index (χ0) is 19.6. The highest BCUT2D eigenvalue weighted by Gasteiger charge is 2.18. The number of nitrogens with one attached hydrogen (secondary N) is 1. The SMILES string of the molecule is Cc1cccc(CC(=O)Nc2ccc(-n3cc(Cl)cn3)c(S(N)(=O)=O)c2)c1. The average Bonchev–Trinajstić information content (AvgIpc) is 3.00. The largest absolute Gasteiger partial charge is 0.326 e. The second kappa shape index (κ2) is 7.51. The van der Waals surface area contributed by atoms with Gasteiger partial charge in [0.1, 0.15) is 4.90 Å². The first-order valence-electron chi connectivity index (χ1n) is 7.95. The molecule has 7 nitrogen and oxygen atoms in total. The molecule has 0 aliphatic heterocycles. The average molecular weight is 405 g/mol. The Morgan fingerprint density at radius 3 is 2.67 bits per heavy atom. The van der Waals surface area contributed by atoms with E-state index in [1.165, 1.54) is 29.2 Å². The number of hydrogen-bond acceptors (Lipinski definition) is 4. The van der Waals surface area contributed by atoms with Gasteiger partial charge >= 0.3 is 0 Å². The van der Waals surface area contributed by atoms with Crippen molar-refractivity contribution in [2.45, 2.75) is 18.2 Å². The lowest BCUT2D eigenvalue weighted by Gasteiger charge is -2.11. The molecule has 0 saturated carbocycles. The van der Waals surface area contributed by atoms with E-state index in [0.29, 0.717) is 10.7 Å². The van der Waals surface area contributed by atoms with Crippen molar-refractivity contribution in [1.82, 2.24) is 9.78 Å². The summed E-state index contributed by atoms with van der Waals surface area (Å²) in [6.07, 6.45) is 3.01. The van der Waals surface area contributed by atoms with Crippen LogP contribution in [-0.4, -0.2) is 24.1 Å². The highest BCUT2D eigenvalue weighted by molar-refractivity contribution is 7.89. The van der Waals surface area contributed by atoms with Gasteiger partial charge in [-0.15, -0.1) is 0 Å². The molecule has 0 spiro atoms. The summed E-state index contributed by atoms with van der Waals surface area (Å²) < 4.78 is 25.3. The number of primary sulfonamides is 1. The zero-order valence-electron chi connectivity index (χ0n) is 14.4.